The van der Waals surface area contributed by atoms with Crippen LogP contribution in [0, 0.1) is 11.8 Å². The van der Waals surface area contributed by atoms with Crippen LogP contribution in [-0.4, -0.2) is 37.4 Å². The molecule has 4 rings (SSSR count). The Morgan fingerprint density at radius 2 is 1.93 bits per heavy atom. The zero-order valence-corrected chi connectivity index (χ0v) is 18.3. The summed E-state index contributed by atoms with van der Waals surface area (Å²) in [5, 5.41) is 0. The molecule has 2 aliphatic heterocycles. The maximum absolute atomic E-state index is 12.9. The maximum Gasteiger partial charge on any atom is 0.223 e. The lowest BCUT2D eigenvalue weighted by molar-refractivity contribution is -0.138. The molecule has 29 heavy (non-hydrogen) atoms. The van der Waals surface area contributed by atoms with Crippen LogP contribution in [0.2, 0.25) is 0 Å². The third-order valence-corrected chi connectivity index (χ3v) is 8.88. The second kappa shape index (κ2) is 8.38. The van der Waals surface area contributed by atoms with Gasteiger partial charge in [0.1, 0.15) is 0 Å². The topological polar surface area (TPSA) is 66.5 Å². The number of rotatable bonds is 6. The van der Waals surface area contributed by atoms with E-state index < -0.39 is 10.0 Å². The van der Waals surface area contributed by atoms with Gasteiger partial charge in [-0.25, -0.2) is 13.1 Å². The van der Waals surface area contributed by atoms with Gasteiger partial charge in [-0.05, 0) is 62.3 Å². The molecule has 5 nitrogen and oxygen atoms in total. The van der Waals surface area contributed by atoms with E-state index >= 15 is 0 Å². The van der Waals surface area contributed by atoms with Gasteiger partial charge in [-0.3, -0.25) is 4.79 Å². The average Bonchev–Trinajstić information content (AvgIpc) is 3.05. The highest BCUT2D eigenvalue weighted by molar-refractivity contribution is 7.88. The third kappa shape index (κ3) is 4.11. The molecule has 2 saturated heterocycles. The molecule has 1 aromatic carbocycles. The van der Waals surface area contributed by atoms with Crippen LogP contribution in [0.5, 0.6) is 0 Å². The van der Waals surface area contributed by atoms with E-state index in [4.69, 9.17) is 0 Å². The number of hydrogen-bond acceptors (Lipinski definition) is 3. The van der Waals surface area contributed by atoms with Crippen molar-refractivity contribution in [3.05, 3.63) is 35.9 Å². The van der Waals surface area contributed by atoms with Gasteiger partial charge in [0.05, 0.1) is 5.75 Å². The SMILES string of the molecule is CCC[C@H]1[C@@H](NS(=O)(=O)Cc2ccccc2)CC[C@@]23CCCN2C(=O)CCC[C@@H]13. The Balaban J connectivity index is 1.57. The van der Waals surface area contributed by atoms with Crippen molar-refractivity contribution in [1.29, 1.82) is 0 Å². The fraction of sp³-hybridized carbons (Fsp3) is 0.696. The zero-order valence-electron chi connectivity index (χ0n) is 17.5. The molecule has 1 aliphatic carbocycles. The molecule has 0 aromatic heterocycles. The highest BCUT2D eigenvalue weighted by Crippen LogP contribution is 2.52. The van der Waals surface area contributed by atoms with Crippen molar-refractivity contribution >= 4 is 15.9 Å². The van der Waals surface area contributed by atoms with Crippen LogP contribution in [0.3, 0.4) is 0 Å². The number of sulfonamides is 1. The van der Waals surface area contributed by atoms with Crippen LogP contribution in [0.15, 0.2) is 30.3 Å². The molecule has 0 bridgehead atoms. The number of carbonyl (C=O) groups excluding carboxylic acids is 1. The lowest BCUT2D eigenvalue weighted by Gasteiger charge is -2.53. The van der Waals surface area contributed by atoms with Crippen molar-refractivity contribution in [3.63, 3.8) is 0 Å². The van der Waals surface area contributed by atoms with Crippen molar-refractivity contribution in [2.75, 3.05) is 6.54 Å². The molecule has 3 fully saturated rings. The number of amides is 1. The highest BCUT2D eigenvalue weighted by atomic mass is 32.2. The Morgan fingerprint density at radius 1 is 1.14 bits per heavy atom. The van der Waals surface area contributed by atoms with Crippen LogP contribution >= 0.6 is 0 Å². The lowest BCUT2D eigenvalue weighted by atomic mass is 9.61. The Hall–Kier alpha value is -1.40. The van der Waals surface area contributed by atoms with Crippen molar-refractivity contribution in [1.82, 2.24) is 9.62 Å². The molecule has 4 atom stereocenters. The summed E-state index contributed by atoms with van der Waals surface area (Å²) in [6.07, 6.45) is 8.64. The fourth-order valence-electron chi connectivity index (χ4n) is 6.44. The van der Waals surface area contributed by atoms with E-state index in [2.05, 4.69) is 16.5 Å². The minimum absolute atomic E-state index is 0.0186. The van der Waals surface area contributed by atoms with Gasteiger partial charge in [0.25, 0.3) is 0 Å². The predicted octanol–water partition coefficient (Wildman–Crippen LogP) is 3.85. The number of hydrogen-bond donors (Lipinski definition) is 1. The van der Waals surface area contributed by atoms with Gasteiger partial charge in [0, 0.05) is 24.5 Å². The number of nitrogens with one attached hydrogen (secondary N) is 1. The van der Waals surface area contributed by atoms with E-state index in [0.717, 1.165) is 63.5 Å². The zero-order chi connectivity index (χ0) is 20.5. The molecule has 1 saturated carbocycles. The average molecular weight is 419 g/mol. The Kier molecular flexibility index (Phi) is 6.03. The van der Waals surface area contributed by atoms with Gasteiger partial charge < -0.3 is 4.90 Å². The summed E-state index contributed by atoms with van der Waals surface area (Å²) in [6.45, 7) is 3.07. The molecular weight excluding hydrogens is 384 g/mol. The van der Waals surface area contributed by atoms with Crippen molar-refractivity contribution in [3.8, 4) is 0 Å². The smallest absolute Gasteiger partial charge is 0.223 e. The summed E-state index contributed by atoms with van der Waals surface area (Å²) in [5.41, 5.74) is 0.802. The number of benzene rings is 1. The first-order valence-corrected chi connectivity index (χ1v) is 12.9. The summed E-state index contributed by atoms with van der Waals surface area (Å²) in [7, 11) is -3.40. The minimum atomic E-state index is -3.40. The van der Waals surface area contributed by atoms with Crippen LogP contribution < -0.4 is 4.72 Å². The van der Waals surface area contributed by atoms with E-state index in [1.54, 1.807) is 0 Å². The highest BCUT2D eigenvalue weighted by Gasteiger charge is 2.56. The maximum atomic E-state index is 12.9. The van der Waals surface area contributed by atoms with E-state index in [9.17, 15) is 13.2 Å². The normalized spacial score (nSPS) is 32.5. The molecule has 160 valence electrons. The summed E-state index contributed by atoms with van der Waals surface area (Å²) in [5.74, 6) is 1.08. The fourth-order valence-corrected chi connectivity index (χ4v) is 7.91. The summed E-state index contributed by atoms with van der Waals surface area (Å²) in [6, 6.07) is 9.38. The molecular formula is C23H34N2O3S. The molecule has 2 heterocycles. The summed E-state index contributed by atoms with van der Waals surface area (Å²) >= 11 is 0. The van der Waals surface area contributed by atoms with Crippen LogP contribution in [0.25, 0.3) is 0 Å². The van der Waals surface area contributed by atoms with Gasteiger partial charge in [0.15, 0.2) is 0 Å². The van der Waals surface area contributed by atoms with E-state index in [-0.39, 0.29) is 17.3 Å². The van der Waals surface area contributed by atoms with Crippen LogP contribution in [0.4, 0.5) is 0 Å². The summed E-state index contributed by atoms with van der Waals surface area (Å²) in [4.78, 5) is 14.9. The van der Waals surface area contributed by atoms with Gasteiger partial charge in [-0.15, -0.1) is 0 Å². The number of carbonyl (C=O) groups is 1. The standard InChI is InChI=1S/C23H34N2O3S/c1-2-8-19-20-11-6-12-22(26)25-16-7-14-23(20,25)15-13-21(19)24-29(27,28)17-18-9-4-3-5-10-18/h3-5,9-10,19-21,24H,2,6-8,11-17H2,1H3/t19-,20+,21+,23-/m1/s1. The first-order valence-electron chi connectivity index (χ1n) is 11.3. The molecule has 0 unspecified atom stereocenters. The molecule has 1 N–H and O–H groups in total. The molecule has 6 heteroatoms. The predicted molar refractivity (Wildman–Crippen MR) is 115 cm³/mol. The second-order valence-corrected chi connectivity index (χ2v) is 11.0. The Labute approximate surface area is 175 Å². The summed E-state index contributed by atoms with van der Waals surface area (Å²) < 4.78 is 29.0. The first kappa shape index (κ1) is 20.9. The van der Waals surface area contributed by atoms with Gasteiger partial charge in [0.2, 0.25) is 15.9 Å². The van der Waals surface area contributed by atoms with E-state index in [1.807, 2.05) is 30.3 Å². The Morgan fingerprint density at radius 3 is 2.69 bits per heavy atom. The molecule has 3 aliphatic rings. The molecule has 1 spiro atoms. The van der Waals surface area contributed by atoms with Crippen molar-refractivity contribution in [2.45, 2.75) is 82.0 Å². The molecule has 1 aromatic rings. The van der Waals surface area contributed by atoms with Crippen molar-refractivity contribution in [2.24, 2.45) is 11.8 Å². The van der Waals surface area contributed by atoms with Gasteiger partial charge in [-0.2, -0.15) is 0 Å². The van der Waals surface area contributed by atoms with Crippen molar-refractivity contribution < 1.29 is 13.2 Å². The monoisotopic (exact) mass is 418 g/mol. The quantitative estimate of drug-likeness (QED) is 0.763. The van der Waals surface area contributed by atoms with E-state index in [1.165, 1.54) is 0 Å². The lowest BCUT2D eigenvalue weighted by Crippen LogP contribution is -2.60. The largest absolute Gasteiger partial charge is 0.337 e. The molecule has 1 amide bonds. The van der Waals surface area contributed by atoms with Crippen LogP contribution in [-0.2, 0) is 20.6 Å². The Bertz CT molecular complexity index is 826. The van der Waals surface area contributed by atoms with E-state index in [0.29, 0.717) is 24.2 Å². The first-order chi connectivity index (χ1) is 14.0. The second-order valence-electron chi connectivity index (χ2n) is 9.21. The van der Waals surface area contributed by atoms with Gasteiger partial charge in [-0.1, -0.05) is 43.7 Å². The van der Waals surface area contributed by atoms with Crippen LogP contribution in [0.1, 0.15) is 70.3 Å². The molecule has 0 radical (unpaired) electrons. The third-order valence-electron chi connectivity index (χ3n) is 7.50. The van der Waals surface area contributed by atoms with Gasteiger partial charge >= 0.3 is 0 Å². The minimum Gasteiger partial charge on any atom is -0.337 e. The number of nitrogens with zero attached hydrogens (tertiary/aromatic N) is 1.